The Hall–Kier alpha value is -3.84. The Balaban J connectivity index is 1.63. The Bertz CT molecular complexity index is 1480. The lowest BCUT2D eigenvalue weighted by Crippen LogP contribution is -2.35. The molecule has 0 aromatic heterocycles. The van der Waals surface area contributed by atoms with E-state index >= 15 is 0 Å². The smallest absolute Gasteiger partial charge is 0.346 e. The number of hydrazone groups is 1. The van der Waals surface area contributed by atoms with Crippen LogP contribution in [0.2, 0.25) is 0 Å². The number of esters is 1. The van der Waals surface area contributed by atoms with Crippen molar-refractivity contribution in [2.75, 3.05) is 12.4 Å². The van der Waals surface area contributed by atoms with Gasteiger partial charge in [-0.15, -0.1) is 5.10 Å². The van der Waals surface area contributed by atoms with Crippen molar-refractivity contribution < 1.29 is 31.9 Å². The summed E-state index contributed by atoms with van der Waals surface area (Å²) in [5.41, 5.74) is 0.0412. The first kappa shape index (κ1) is 25.3. The minimum Gasteiger partial charge on any atom is -0.490 e. The molecule has 10 nitrogen and oxygen atoms in total. The molecule has 2 aromatic carbocycles. The zero-order valence-electron chi connectivity index (χ0n) is 19.0. The topological polar surface area (TPSA) is 139 Å². The van der Waals surface area contributed by atoms with Gasteiger partial charge in [-0.05, 0) is 54.6 Å². The molecule has 2 aliphatic rings. The second kappa shape index (κ2) is 10.0. The van der Waals surface area contributed by atoms with Gasteiger partial charge in [0, 0.05) is 0 Å². The van der Waals surface area contributed by atoms with Gasteiger partial charge < -0.3 is 9.47 Å². The summed E-state index contributed by atoms with van der Waals surface area (Å²) in [5, 5.41) is 13.3. The van der Waals surface area contributed by atoms with Crippen LogP contribution in [0.15, 0.2) is 58.1 Å². The third-order valence-electron chi connectivity index (χ3n) is 4.96. The second-order valence-corrected chi connectivity index (χ2v) is 10.7. The molecule has 13 heteroatoms. The third-order valence-corrected chi connectivity index (χ3v) is 8.05. The molecule has 0 bridgehead atoms. The van der Waals surface area contributed by atoms with Crippen molar-refractivity contribution in [2.24, 2.45) is 10.1 Å². The molecule has 4 rings (SSSR count). The van der Waals surface area contributed by atoms with Crippen LogP contribution in [0.4, 0.5) is 4.39 Å². The Morgan fingerprint density at radius 3 is 2.64 bits per heavy atom. The number of amidine groups is 2. The molecule has 2 aromatic rings. The first-order valence-corrected chi connectivity index (χ1v) is 13.1. The molecule has 186 valence electrons. The van der Waals surface area contributed by atoms with Crippen LogP contribution in [-0.2, 0) is 14.6 Å². The summed E-state index contributed by atoms with van der Waals surface area (Å²) in [6.45, 7) is 3.41. The number of hydrogen-bond acceptors (Lipinski definition) is 9. The number of amides is 1. The molecule has 0 aliphatic carbocycles. The van der Waals surface area contributed by atoms with Crippen LogP contribution in [0, 0.1) is 11.2 Å². The number of fused-ring (bicyclic) bond motifs is 1. The standard InChI is InChI=1S/C23H19FN4O6S2/c1-3-33-18-12-13(9-10-17(18)34-21(30)14-7-5-6-8-16(14)24)11-15-19(25)28-22(26-20(15)29)35-23(27-28)36(31,32)4-2/h5-12,25H,3-4H2,1-2H3. The van der Waals surface area contributed by atoms with E-state index in [0.717, 1.165) is 11.1 Å². The summed E-state index contributed by atoms with van der Waals surface area (Å²) in [4.78, 5) is 28.9. The molecule has 0 saturated heterocycles. The number of nitrogens with zero attached hydrogens (tertiary/aromatic N) is 3. The molecule has 0 radical (unpaired) electrons. The van der Waals surface area contributed by atoms with E-state index in [1.807, 2.05) is 0 Å². The number of ether oxygens (including phenoxy) is 2. The largest absolute Gasteiger partial charge is 0.490 e. The van der Waals surface area contributed by atoms with Gasteiger partial charge in [-0.3, -0.25) is 10.2 Å². The zero-order valence-corrected chi connectivity index (χ0v) is 20.7. The Morgan fingerprint density at radius 1 is 1.19 bits per heavy atom. The highest BCUT2D eigenvalue weighted by molar-refractivity contribution is 8.42. The molecule has 0 unspecified atom stereocenters. The van der Waals surface area contributed by atoms with Crippen LogP contribution in [0.3, 0.4) is 0 Å². The molecular weight excluding hydrogens is 511 g/mol. The van der Waals surface area contributed by atoms with Crippen molar-refractivity contribution in [3.8, 4) is 11.5 Å². The van der Waals surface area contributed by atoms with Crippen LogP contribution in [0.1, 0.15) is 29.8 Å². The highest BCUT2D eigenvalue weighted by Gasteiger charge is 2.39. The van der Waals surface area contributed by atoms with Crippen LogP contribution in [0.25, 0.3) is 6.08 Å². The number of aliphatic imine (C=N–C) groups is 1. The van der Waals surface area contributed by atoms with Crippen molar-refractivity contribution >= 4 is 54.9 Å². The van der Waals surface area contributed by atoms with Crippen molar-refractivity contribution in [1.29, 1.82) is 5.41 Å². The number of sulfone groups is 1. The third kappa shape index (κ3) is 4.93. The fourth-order valence-electron chi connectivity index (χ4n) is 3.14. The average molecular weight is 531 g/mol. The minimum atomic E-state index is -3.64. The SMILES string of the molecule is CCOc1cc(C=C2C(=N)N3N=C(S(=O)(=O)CC)SC3=NC2=O)ccc1OC(=O)c1ccccc1F. The highest BCUT2D eigenvalue weighted by atomic mass is 32.3. The molecule has 0 atom stereocenters. The fourth-order valence-corrected chi connectivity index (χ4v) is 5.30. The first-order chi connectivity index (χ1) is 17.1. The molecule has 2 aliphatic heterocycles. The zero-order chi connectivity index (χ0) is 26.0. The van der Waals surface area contributed by atoms with Crippen molar-refractivity contribution in [3.63, 3.8) is 0 Å². The van der Waals surface area contributed by atoms with Gasteiger partial charge in [-0.2, -0.15) is 10.0 Å². The summed E-state index contributed by atoms with van der Waals surface area (Å²) in [7, 11) is -3.64. The van der Waals surface area contributed by atoms with Gasteiger partial charge in [0.25, 0.3) is 5.91 Å². The highest BCUT2D eigenvalue weighted by Crippen LogP contribution is 2.33. The minimum absolute atomic E-state index is 0.0143. The number of hydrogen-bond donors (Lipinski definition) is 1. The van der Waals surface area contributed by atoms with E-state index in [4.69, 9.17) is 14.9 Å². The first-order valence-electron chi connectivity index (χ1n) is 10.6. The number of carbonyl (C=O) groups is 2. The molecule has 0 spiro atoms. The van der Waals surface area contributed by atoms with Gasteiger partial charge in [0.2, 0.25) is 19.4 Å². The maximum atomic E-state index is 13.9. The maximum Gasteiger partial charge on any atom is 0.346 e. The average Bonchev–Trinajstić information content (AvgIpc) is 3.29. The van der Waals surface area contributed by atoms with E-state index in [9.17, 15) is 22.4 Å². The van der Waals surface area contributed by atoms with E-state index in [0.29, 0.717) is 17.3 Å². The lowest BCUT2D eigenvalue weighted by Gasteiger charge is -2.20. The molecule has 2 heterocycles. The fraction of sp³-hybridized carbons (Fsp3) is 0.174. The number of benzene rings is 2. The quantitative estimate of drug-likeness (QED) is 0.340. The van der Waals surface area contributed by atoms with Gasteiger partial charge in [0.05, 0.1) is 23.5 Å². The molecule has 1 amide bonds. The summed E-state index contributed by atoms with van der Waals surface area (Å²) in [6.07, 6.45) is 1.36. The van der Waals surface area contributed by atoms with E-state index < -0.39 is 27.5 Å². The number of halogens is 1. The Kier molecular flexibility index (Phi) is 7.04. The van der Waals surface area contributed by atoms with Gasteiger partial charge in [-0.25, -0.2) is 17.6 Å². The van der Waals surface area contributed by atoms with E-state index in [1.165, 1.54) is 49.4 Å². The normalized spacial score (nSPS) is 16.5. The van der Waals surface area contributed by atoms with Gasteiger partial charge in [0.15, 0.2) is 17.3 Å². The summed E-state index contributed by atoms with van der Waals surface area (Å²) in [6, 6.07) is 9.80. The Morgan fingerprint density at radius 2 is 1.94 bits per heavy atom. The van der Waals surface area contributed by atoms with Crippen LogP contribution < -0.4 is 9.47 Å². The predicted octanol–water partition coefficient (Wildman–Crippen LogP) is 3.45. The molecule has 1 N–H and O–H groups in total. The number of thioether (sulfide) groups is 1. The van der Waals surface area contributed by atoms with Crippen molar-refractivity contribution in [2.45, 2.75) is 13.8 Å². The molecule has 0 saturated carbocycles. The van der Waals surface area contributed by atoms with Crippen LogP contribution in [0.5, 0.6) is 11.5 Å². The summed E-state index contributed by atoms with van der Waals surface area (Å²) < 4.78 is 48.9. The number of nitrogens with one attached hydrogen (secondary N) is 1. The van der Waals surface area contributed by atoms with E-state index in [-0.39, 0.29) is 50.4 Å². The Labute approximate surface area is 209 Å². The van der Waals surface area contributed by atoms with E-state index in [1.54, 1.807) is 6.92 Å². The molecular formula is C23H19FN4O6S2. The summed E-state index contributed by atoms with van der Waals surface area (Å²) in [5.74, 6) is -2.71. The maximum absolute atomic E-state index is 13.9. The predicted molar refractivity (Wildman–Crippen MR) is 133 cm³/mol. The van der Waals surface area contributed by atoms with Crippen molar-refractivity contribution in [3.05, 3.63) is 65.0 Å². The lowest BCUT2D eigenvalue weighted by atomic mass is 10.1. The number of carbonyl (C=O) groups excluding carboxylic acids is 2. The monoisotopic (exact) mass is 530 g/mol. The number of rotatable bonds is 6. The van der Waals surface area contributed by atoms with Crippen LogP contribution >= 0.6 is 11.8 Å². The van der Waals surface area contributed by atoms with Gasteiger partial charge in [-0.1, -0.05) is 25.1 Å². The second-order valence-electron chi connectivity index (χ2n) is 7.30. The lowest BCUT2D eigenvalue weighted by molar-refractivity contribution is -0.114. The summed E-state index contributed by atoms with van der Waals surface area (Å²) >= 11 is 0.712. The van der Waals surface area contributed by atoms with Crippen molar-refractivity contribution in [1.82, 2.24) is 5.01 Å². The van der Waals surface area contributed by atoms with E-state index in [2.05, 4.69) is 10.1 Å². The van der Waals surface area contributed by atoms with Gasteiger partial charge in [0.1, 0.15) is 5.82 Å². The molecule has 36 heavy (non-hydrogen) atoms. The molecule has 0 fully saturated rings. The van der Waals surface area contributed by atoms with Crippen LogP contribution in [-0.4, -0.2) is 53.0 Å². The van der Waals surface area contributed by atoms with Gasteiger partial charge >= 0.3 is 5.97 Å².